The van der Waals surface area contributed by atoms with E-state index >= 15 is 0 Å². The van der Waals surface area contributed by atoms with Gasteiger partial charge in [-0.05, 0) is 30.2 Å². The molecule has 0 bridgehead atoms. The molecule has 0 aromatic heterocycles. The van der Waals surface area contributed by atoms with Crippen LogP contribution in [0.1, 0.15) is 27.0 Å². The zero-order valence-corrected chi connectivity index (χ0v) is 18.1. The van der Waals surface area contributed by atoms with Crippen LogP contribution < -0.4 is 10.6 Å². The van der Waals surface area contributed by atoms with Crippen LogP contribution in [-0.2, 0) is 13.1 Å². The average molecular weight is 466 g/mol. The van der Waals surface area contributed by atoms with E-state index in [2.05, 4.69) is 46.8 Å². The summed E-state index contributed by atoms with van der Waals surface area (Å²) in [6, 6.07) is 16.0. The molecule has 6 heteroatoms. The third kappa shape index (κ3) is 6.67. The molecule has 0 fully saturated rings. The molecule has 0 saturated heterocycles. The first-order valence-corrected chi connectivity index (χ1v) is 8.30. The van der Waals surface area contributed by atoms with Crippen LogP contribution in [0.2, 0.25) is 0 Å². The monoisotopic (exact) mass is 466 g/mol. The highest BCUT2D eigenvalue weighted by atomic mass is 127. The van der Waals surface area contributed by atoms with Gasteiger partial charge in [0, 0.05) is 39.8 Å². The quantitative estimate of drug-likeness (QED) is 0.405. The minimum atomic E-state index is 0. The SMILES string of the molecule is CN=C(NCc1ccc(C)cc1)NCc1ccc(C(=O)N(C)C)cc1.I. The minimum absolute atomic E-state index is 0. The second-order valence-electron chi connectivity index (χ2n) is 6.16. The molecule has 0 spiro atoms. The Hall–Kier alpha value is -2.09. The summed E-state index contributed by atoms with van der Waals surface area (Å²) in [5.41, 5.74) is 4.24. The largest absolute Gasteiger partial charge is 0.352 e. The molecule has 0 aliphatic heterocycles. The van der Waals surface area contributed by atoms with E-state index in [-0.39, 0.29) is 29.9 Å². The number of nitrogens with one attached hydrogen (secondary N) is 2. The number of nitrogens with zero attached hydrogens (tertiary/aromatic N) is 2. The van der Waals surface area contributed by atoms with Gasteiger partial charge < -0.3 is 15.5 Å². The number of halogens is 1. The molecule has 2 aromatic carbocycles. The fourth-order valence-electron chi connectivity index (χ4n) is 2.32. The highest BCUT2D eigenvalue weighted by Gasteiger charge is 2.07. The molecule has 2 rings (SSSR count). The van der Waals surface area contributed by atoms with Gasteiger partial charge in [0.15, 0.2) is 5.96 Å². The molecule has 26 heavy (non-hydrogen) atoms. The lowest BCUT2D eigenvalue weighted by Crippen LogP contribution is -2.36. The van der Waals surface area contributed by atoms with Gasteiger partial charge >= 0.3 is 0 Å². The predicted molar refractivity (Wildman–Crippen MR) is 118 cm³/mol. The molecule has 0 saturated carbocycles. The number of carbonyl (C=O) groups is 1. The normalized spacial score (nSPS) is 10.7. The van der Waals surface area contributed by atoms with E-state index in [9.17, 15) is 4.79 Å². The van der Waals surface area contributed by atoms with Gasteiger partial charge in [-0.3, -0.25) is 9.79 Å². The van der Waals surface area contributed by atoms with Crippen molar-refractivity contribution in [3.8, 4) is 0 Å². The van der Waals surface area contributed by atoms with Crippen LogP contribution in [0.15, 0.2) is 53.5 Å². The van der Waals surface area contributed by atoms with Crippen molar-refractivity contribution in [2.24, 2.45) is 4.99 Å². The Bertz CT molecular complexity index is 724. The van der Waals surface area contributed by atoms with Crippen LogP contribution in [0.25, 0.3) is 0 Å². The summed E-state index contributed by atoms with van der Waals surface area (Å²) < 4.78 is 0. The van der Waals surface area contributed by atoms with Crippen molar-refractivity contribution in [1.29, 1.82) is 0 Å². The molecule has 0 heterocycles. The van der Waals surface area contributed by atoms with Gasteiger partial charge in [-0.15, -0.1) is 24.0 Å². The predicted octanol–water partition coefficient (Wildman–Crippen LogP) is 3.18. The molecule has 1 amide bonds. The summed E-state index contributed by atoms with van der Waals surface area (Å²) in [5.74, 6) is 0.754. The Kier molecular flexibility index (Phi) is 9.12. The standard InChI is InChI=1S/C20H26N4O.HI/c1-15-5-7-16(8-6-15)13-22-20(21-2)23-14-17-9-11-18(12-10-17)19(25)24(3)4;/h5-12H,13-14H2,1-4H3,(H2,21,22,23);1H. The van der Waals surface area contributed by atoms with Gasteiger partial charge in [0.05, 0.1) is 0 Å². The van der Waals surface area contributed by atoms with Gasteiger partial charge in [-0.25, -0.2) is 0 Å². The molecule has 5 nitrogen and oxygen atoms in total. The van der Waals surface area contributed by atoms with E-state index < -0.39 is 0 Å². The third-order valence-electron chi connectivity index (χ3n) is 3.87. The van der Waals surface area contributed by atoms with Gasteiger partial charge in [0.1, 0.15) is 0 Å². The summed E-state index contributed by atoms with van der Waals surface area (Å²) in [6.07, 6.45) is 0. The smallest absolute Gasteiger partial charge is 0.253 e. The number of hydrogen-bond acceptors (Lipinski definition) is 2. The van der Waals surface area contributed by atoms with Gasteiger partial charge in [0.25, 0.3) is 5.91 Å². The van der Waals surface area contributed by atoms with Crippen molar-refractivity contribution in [2.45, 2.75) is 20.0 Å². The molecular weight excluding hydrogens is 439 g/mol. The van der Waals surface area contributed by atoms with Crippen LogP contribution in [0.4, 0.5) is 0 Å². The van der Waals surface area contributed by atoms with Crippen molar-refractivity contribution >= 4 is 35.8 Å². The first kappa shape index (κ1) is 22.0. The van der Waals surface area contributed by atoms with Gasteiger partial charge in [0.2, 0.25) is 0 Å². The maximum absolute atomic E-state index is 11.9. The van der Waals surface area contributed by atoms with E-state index in [0.717, 1.165) is 18.1 Å². The van der Waals surface area contributed by atoms with Crippen LogP contribution in [0.3, 0.4) is 0 Å². The molecule has 0 atom stereocenters. The lowest BCUT2D eigenvalue weighted by Gasteiger charge is -2.13. The molecule has 2 aromatic rings. The van der Waals surface area contributed by atoms with Crippen LogP contribution in [-0.4, -0.2) is 37.9 Å². The molecule has 0 aliphatic rings. The highest BCUT2D eigenvalue weighted by Crippen LogP contribution is 2.06. The highest BCUT2D eigenvalue weighted by molar-refractivity contribution is 14.0. The number of guanidine groups is 1. The lowest BCUT2D eigenvalue weighted by atomic mass is 10.1. The average Bonchev–Trinajstić information content (AvgIpc) is 2.63. The molecular formula is C20H27IN4O. The maximum atomic E-state index is 11.9. The third-order valence-corrected chi connectivity index (χ3v) is 3.87. The Morgan fingerprint density at radius 2 is 1.38 bits per heavy atom. The lowest BCUT2D eigenvalue weighted by molar-refractivity contribution is 0.0827. The number of benzene rings is 2. The number of amides is 1. The van der Waals surface area contributed by atoms with Crippen molar-refractivity contribution in [3.63, 3.8) is 0 Å². The number of carbonyl (C=O) groups excluding carboxylic acids is 1. The van der Waals surface area contributed by atoms with E-state index in [1.807, 2.05) is 24.3 Å². The fraction of sp³-hybridized carbons (Fsp3) is 0.300. The van der Waals surface area contributed by atoms with E-state index in [0.29, 0.717) is 12.1 Å². The molecule has 140 valence electrons. The summed E-state index contributed by atoms with van der Waals surface area (Å²) in [6.45, 7) is 3.44. The summed E-state index contributed by atoms with van der Waals surface area (Å²) in [5, 5.41) is 6.58. The first-order chi connectivity index (χ1) is 12.0. The van der Waals surface area contributed by atoms with Crippen molar-refractivity contribution in [2.75, 3.05) is 21.1 Å². The zero-order chi connectivity index (χ0) is 18.2. The molecule has 0 aliphatic carbocycles. The topological polar surface area (TPSA) is 56.7 Å². The first-order valence-electron chi connectivity index (χ1n) is 8.30. The Labute approximate surface area is 172 Å². The molecule has 0 radical (unpaired) electrons. The van der Waals surface area contributed by atoms with Crippen molar-refractivity contribution < 1.29 is 4.79 Å². The Morgan fingerprint density at radius 3 is 1.81 bits per heavy atom. The zero-order valence-electron chi connectivity index (χ0n) is 15.7. The Balaban J connectivity index is 0.00000338. The number of aliphatic imine (C=N–C) groups is 1. The van der Waals surface area contributed by atoms with Crippen LogP contribution in [0.5, 0.6) is 0 Å². The Morgan fingerprint density at radius 1 is 0.923 bits per heavy atom. The maximum Gasteiger partial charge on any atom is 0.253 e. The number of aryl methyl sites for hydroxylation is 1. The fourth-order valence-corrected chi connectivity index (χ4v) is 2.32. The van der Waals surface area contributed by atoms with E-state index in [4.69, 9.17) is 0 Å². The van der Waals surface area contributed by atoms with Crippen molar-refractivity contribution in [3.05, 3.63) is 70.8 Å². The second kappa shape index (κ2) is 10.8. The van der Waals surface area contributed by atoms with E-state index in [1.54, 1.807) is 26.0 Å². The second-order valence-corrected chi connectivity index (χ2v) is 6.16. The van der Waals surface area contributed by atoms with Crippen LogP contribution >= 0.6 is 24.0 Å². The van der Waals surface area contributed by atoms with E-state index in [1.165, 1.54) is 11.1 Å². The van der Waals surface area contributed by atoms with Crippen LogP contribution in [0, 0.1) is 6.92 Å². The minimum Gasteiger partial charge on any atom is -0.352 e. The summed E-state index contributed by atoms with van der Waals surface area (Å²) in [4.78, 5) is 17.7. The number of hydrogen-bond donors (Lipinski definition) is 2. The molecule has 0 unspecified atom stereocenters. The molecule has 2 N–H and O–H groups in total. The summed E-state index contributed by atoms with van der Waals surface area (Å²) in [7, 11) is 5.26. The van der Waals surface area contributed by atoms with Crippen molar-refractivity contribution in [1.82, 2.24) is 15.5 Å². The van der Waals surface area contributed by atoms with Gasteiger partial charge in [-0.1, -0.05) is 42.0 Å². The van der Waals surface area contributed by atoms with Gasteiger partial charge in [-0.2, -0.15) is 0 Å². The summed E-state index contributed by atoms with van der Waals surface area (Å²) >= 11 is 0. The number of rotatable bonds is 5.